The lowest BCUT2D eigenvalue weighted by molar-refractivity contribution is 0.0946. The second-order valence-electron chi connectivity index (χ2n) is 6.20. The van der Waals surface area contributed by atoms with Crippen LogP contribution in [0.4, 0.5) is 0 Å². The number of carbonyl (C=O) groups excluding carboxylic acids is 1. The Hall–Kier alpha value is -2.29. The number of rotatable bonds is 7. The molecule has 2 aromatic carbocycles. The molecule has 0 aromatic heterocycles. The minimum Gasteiger partial charge on any atom is -0.493 e. The highest BCUT2D eigenvalue weighted by atomic mass is 16.5. The summed E-state index contributed by atoms with van der Waals surface area (Å²) in [6.07, 6.45) is 0.972. The summed E-state index contributed by atoms with van der Waals surface area (Å²) in [4.78, 5) is 12.4. The van der Waals surface area contributed by atoms with Crippen LogP contribution in [0.2, 0.25) is 0 Å². The van der Waals surface area contributed by atoms with E-state index in [0.29, 0.717) is 30.4 Å². The topological polar surface area (TPSA) is 38.3 Å². The molecular formula is C20H25NO2. The summed E-state index contributed by atoms with van der Waals surface area (Å²) in [7, 11) is 0. The predicted octanol–water partition coefficient (Wildman–Crippen LogP) is 4.35. The van der Waals surface area contributed by atoms with Gasteiger partial charge in [0.2, 0.25) is 0 Å². The van der Waals surface area contributed by atoms with Gasteiger partial charge in [-0.2, -0.15) is 0 Å². The number of hydrogen-bond donors (Lipinski definition) is 1. The van der Waals surface area contributed by atoms with E-state index in [2.05, 4.69) is 19.2 Å². The van der Waals surface area contributed by atoms with E-state index in [-0.39, 0.29) is 5.91 Å². The lowest BCUT2D eigenvalue weighted by Crippen LogP contribution is -2.23. The maximum atomic E-state index is 12.4. The van der Waals surface area contributed by atoms with Gasteiger partial charge in [-0.1, -0.05) is 55.8 Å². The zero-order valence-corrected chi connectivity index (χ0v) is 14.1. The molecule has 0 fully saturated rings. The summed E-state index contributed by atoms with van der Waals surface area (Å²) in [6.45, 7) is 7.50. The molecule has 0 atom stereocenters. The van der Waals surface area contributed by atoms with Gasteiger partial charge in [-0.15, -0.1) is 0 Å². The van der Waals surface area contributed by atoms with Crippen LogP contribution < -0.4 is 10.1 Å². The van der Waals surface area contributed by atoms with Gasteiger partial charge >= 0.3 is 0 Å². The molecule has 3 heteroatoms. The standard InChI is InChI=1S/C20H25NO2/c1-15(2)12-13-23-19-7-5-4-6-18(19)20(22)21-14-17-10-8-16(3)9-11-17/h4-11,15H,12-14H2,1-3H3,(H,21,22). The fourth-order valence-corrected chi connectivity index (χ4v) is 2.17. The minimum atomic E-state index is -0.106. The Balaban J connectivity index is 1.97. The number of para-hydroxylation sites is 1. The lowest BCUT2D eigenvalue weighted by Gasteiger charge is -2.12. The third-order valence-corrected chi connectivity index (χ3v) is 3.66. The fourth-order valence-electron chi connectivity index (χ4n) is 2.17. The van der Waals surface area contributed by atoms with Crippen LogP contribution in [0.3, 0.4) is 0 Å². The first-order valence-corrected chi connectivity index (χ1v) is 8.12. The molecule has 122 valence electrons. The van der Waals surface area contributed by atoms with E-state index in [0.717, 1.165) is 12.0 Å². The maximum Gasteiger partial charge on any atom is 0.255 e. The number of ether oxygens (including phenoxy) is 1. The van der Waals surface area contributed by atoms with E-state index in [1.54, 1.807) is 6.07 Å². The van der Waals surface area contributed by atoms with Gasteiger partial charge in [-0.3, -0.25) is 4.79 Å². The molecule has 2 aromatic rings. The molecule has 0 aliphatic carbocycles. The van der Waals surface area contributed by atoms with Crippen LogP contribution in [-0.4, -0.2) is 12.5 Å². The van der Waals surface area contributed by atoms with Crippen molar-refractivity contribution >= 4 is 5.91 Å². The van der Waals surface area contributed by atoms with E-state index in [4.69, 9.17) is 4.74 Å². The van der Waals surface area contributed by atoms with Crippen molar-refractivity contribution in [2.45, 2.75) is 33.7 Å². The molecule has 0 unspecified atom stereocenters. The second-order valence-corrected chi connectivity index (χ2v) is 6.20. The van der Waals surface area contributed by atoms with Gasteiger partial charge in [0.15, 0.2) is 0 Å². The fraction of sp³-hybridized carbons (Fsp3) is 0.350. The Morgan fingerprint density at radius 1 is 1.09 bits per heavy atom. The van der Waals surface area contributed by atoms with Gasteiger partial charge in [0, 0.05) is 6.54 Å². The molecule has 1 N–H and O–H groups in total. The van der Waals surface area contributed by atoms with Crippen LogP contribution in [0, 0.1) is 12.8 Å². The van der Waals surface area contributed by atoms with E-state index in [9.17, 15) is 4.79 Å². The highest BCUT2D eigenvalue weighted by molar-refractivity contribution is 5.96. The monoisotopic (exact) mass is 311 g/mol. The smallest absolute Gasteiger partial charge is 0.255 e. The molecule has 0 heterocycles. The molecule has 0 spiro atoms. The Kier molecular flexibility index (Phi) is 6.21. The highest BCUT2D eigenvalue weighted by Crippen LogP contribution is 2.19. The van der Waals surface area contributed by atoms with Crippen LogP contribution in [0.25, 0.3) is 0 Å². The normalized spacial score (nSPS) is 10.6. The Morgan fingerprint density at radius 2 is 1.78 bits per heavy atom. The molecular weight excluding hydrogens is 286 g/mol. The first-order valence-electron chi connectivity index (χ1n) is 8.12. The van der Waals surface area contributed by atoms with Crippen LogP contribution in [-0.2, 0) is 6.54 Å². The average molecular weight is 311 g/mol. The summed E-state index contributed by atoms with van der Waals surface area (Å²) < 4.78 is 5.78. The molecule has 0 saturated heterocycles. The molecule has 0 saturated carbocycles. The van der Waals surface area contributed by atoms with Gasteiger partial charge in [-0.25, -0.2) is 0 Å². The van der Waals surface area contributed by atoms with Gasteiger partial charge in [-0.05, 0) is 37.0 Å². The summed E-state index contributed by atoms with van der Waals surface area (Å²) >= 11 is 0. The van der Waals surface area contributed by atoms with Crippen molar-refractivity contribution in [1.29, 1.82) is 0 Å². The van der Waals surface area contributed by atoms with Crippen LogP contribution in [0.1, 0.15) is 41.8 Å². The molecule has 0 radical (unpaired) electrons. The Morgan fingerprint density at radius 3 is 2.48 bits per heavy atom. The summed E-state index contributed by atoms with van der Waals surface area (Å²) in [5.41, 5.74) is 2.88. The number of aryl methyl sites for hydroxylation is 1. The maximum absolute atomic E-state index is 12.4. The SMILES string of the molecule is Cc1ccc(CNC(=O)c2ccccc2OCCC(C)C)cc1. The van der Waals surface area contributed by atoms with Gasteiger partial charge in [0.1, 0.15) is 5.75 Å². The van der Waals surface area contributed by atoms with Crippen LogP contribution in [0.15, 0.2) is 48.5 Å². The van der Waals surface area contributed by atoms with Crippen molar-refractivity contribution in [1.82, 2.24) is 5.32 Å². The van der Waals surface area contributed by atoms with Crippen molar-refractivity contribution in [3.05, 3.63) is 65.2 Å². The number of amides is 1. The van der Waals surface area contributed by atoms with Crippen molar-refractivity contribution in [3.8, 4) is 5.75 Å². The third kappa shape index (κ3) is 5.44. The molecule has 2 rings (SSSR count). The summed E-state index contributed by atoms with van der Waals surface area (Å²) in [5, 5.41) is 2.96. The quantitative estimate of drug-likeness (QED) is 0.825. The van der Waals surface area contributed by atoms with Crippen LogP contribution >= 0.6 is 0 Å². The van der Waals surface area contributed by atoms with Gasteiger partial charge in [0.05, 0.1) is 12.2 Å². The molecule has 0 aliphatic heterocycles. The van der Waals surface area contributed by atoms with Gasteiger partial charge < -0.3 is 10.1 Å². The molecule has 1 amide bonds. The van der Waals surface area contributed by atoms with Crippen molar-refractivity contribution in [2.75, 3.05) is 6.61 Å². The highest BCUT2D eigenvalue weighted by Gasteiger charge is 2.11. The average Bonchev–Trinajstić information content (AvgIpc) is 2.54. The molecule has 0 aliphatic rings. The van der Waals surface area contributed by atoms with Crippen LogP contribution in [0.5, 0.6) is 5.75 Å². The van der Waals surface area contributed by atoms with E-state index < -0.39 is 0 Å². The lowest BCUT2D eigenvalue weighted by atomic mass is 10.1. The number of carbonyl (C=O) groups is 1. The summed E-state index contributed by atoms with van der Waals surface area (Å²) in [6, 6.07) is 15.5. The second kappa shape index (κ2) is 8.37. The third-order valence-electron chi connectivity index (χ3n) is 3.66. The molecule has 0 bridgehead atoms. The number of hydrogen-bond acceptors (Lipinski definition) is 2. The first-order chi connectivity index (χ1) is 11.1. The zero-order valence-electron chi connectivity index (χ0n) is 14.1. The Bertz CT molecular complexity index is 632. The first kappa shape index (κ1) is 17.1. The van der Waals surface area contributed by atoms with E-state index >= 15 is 0 Å². The molecule has 3 nitrogen and oxygen atoms in total. The van der Waals surface area contributed by atoms with Gasteiger partial charge in [0.25, 0.3) is 5.91 Å². The number of nitrogens with one attached hydrogen (secondary N) is 1. The molecule has 23 heavy (non-hydrogen) atoms. The number of benzene rings is 2. The van der Waals surface area contributed by atoms with Crippen molar-refractivity contribution in [2.24, 2.45) is 5.92 Å². The minimum absolute atomic E-state index is 0.106. The predicted molar refractivity (Wildman–Crippen MR) is 93.7 cm³/mol. The summed E-state index contributed by atoms with van der Waals surface area (Å²) in [5.74, 6) is 1.12. The Labute approximate surface area is 138 Å². The van der Waals surface area contributed by atoms with E-state index in [1.807, 2.05) is 49.4 Å². The van der Waals surface area contributed by atoms with Crippen molar-refractivity contribution in [3.63, 3.8) is 0 Å². The largest absolute Gasteiger partial charge is 0.493 e. The van der Waals surface area contributed by atoms with Crippen molar-refractivity contribution < 1.29 is 9.53 Å². The van der Waals surface area contributed by atoms with E-state index in [1.165, 1.54) is 5.56 Å². The zero-order chi connectivity index (χ0) is 16.7.